The molecule has 7 heteroatoms. The Labute approximate surface area is 166 Å². The van der Waals surface area contributed by atoms with Crippen molar-refractivity contribution in [2.75, 3.05) is 45.9 Å². The topological polar surface area (TPSA) is 60.3 Å². The fourth-order valence-corrected chi connectivity index (χ4v) is 5.17. The highest BCUT2D eigenvalue weighted by atomic mass is 32.2. The SMILES string of the molecule is O=S(=O)(c1ccc2c(c1)OCCCO2)N1CC[NH+](CCc2ccccc2)CC1. The molecular weight excluding hydrogens is 376 g/mol. The molecule has 0 radical (unpaired) electrons. The molecule has 0 saturated carbocycles. The summed E-state index contributed by atoms with van der Waals surface area (Å²) in [7, 11) is -3.51. The number of rotatable bonds is 5. The number of nitrogens with one attached hydrogen (secondary N) is 1. The van der Waals surface area contributed by atoms with Crippen LogP contribution in [0.3, 0.4) is 0 Å². The lowest BCUT2D eigenvalue weighted by Gasteiger charge is -2.31. The van der Waals surface area contributed by atoms with Crippen molar-refractivity contribution < 1.29 is 22.8 Å². The first-order valence-electron chi connectivity index (χ1n) is 9.90. The summed E-state index contributed by atoms with van der Waals surface area (Å²) in [5, 5.41) is 0. The highest BCUT2D eigenvalue weighted by Gasteiger charge is 2.31. The van der Waals surface area contributed by atoms with E-state index in [0.29, 0.717) is 37.8 Å². The van der Waals surface area contributed by atoms with Gasteiger partial charge in [0, 0.05) is 18.9 Å². The van der Waals surface area contributed by atoms with Crippen LogP contribution in [0.15, 0.2) is 53.4 Å². The molecule has 4 rings (SSSR count). The average Bonchev–Trinajstić information content (AvgIpc) is 2.98. The highest BCUT2D eigenvalue weighted by Crippen LogP contribution is 2.32. The van der Waals surface area contributed by atoms with E-state index in [4.69, 9.17) is 9.47 Å². The molecule has 1 N–H and O–H groups in total. The molecule has 2 aromatic rings. The van der Waals surface area contributed by atoms with Crippen molar-refractivity contribution in [2.24, 2.45) is 0 Å². The number of piperazine rings is 1. The Balaban J connectivity index is 1.37. The third-order valence-corrected chi connectivity index (χ3v) is 7.29. The lowest BCUT2D eigenvalue weighted by molar-refractivity contribution is -0.903. The maximum atomic E-state index is 13.1. The number of ether oxygens (including phenoxy) is 2. The monoisotopic (exact) mass is 403 g/mol. The predicted octanol–water partition coefficient (Wildman–Crippen LogP) is 0.980. The number of hydrogen-bond donors (Lipinski definition) is 1. The molecule has 28 heavy (non-hydrogen) atoms. The fourth-order valence-electron chi connectivity index (χ4n) is 3.71. The molecule has 2 heterocycles. The number of benzene rings is 2. The Bertz CT molecular complexity index is 894. The van der Waals surface area contributed by atoms with Gasteiger partial charge in [-0.05, 0) is 17.7 Å². The zero-order valence-electron chi connectivity index (χ0n) is 16.0. The third-order valence-electron chi connectivity index (χ3n) is 5.40. The van der Waals surface area contributed by atoms with Gasteiger partial charge in [-0.25, -0.2) is 8.42 Å². The third kappa shape index (κ3) is 4.32. The van der Waals surface area contributed by atoms with Crippen molar-refractivity contribution in [3.8, 4) is 11.5 Å². The Morgan fingerprint density at radius 3 is 2.39 bits per heavy atom. The van der Waals surface area contributed by atoms with Crippen LogP contribution < -0.4 is 14.4 Å². The van der Waals surface area contributed by atoms with Crippen molar-refractivity contribution in [1.29, 1.82) is 0 Å². The predicted molar refractivity (Wildman–Crippen MR) is 107 cm³/mol. The number of fused-ring (bicyclic) bond motifs is 1. The second-order valence-corrected chi connectivity index (χ2v) is 9.24. The summed E-state index contributed by atoms with van der Waals surface area (Å²) in [5.41, 5.74) is 1.33. The Morgan fingerprint density at radius 2 is 1.64 bits per heavy atom. The minimum atomic E-state index is -3.51. The Kier molecular flexibility index (Phi) is 5.85. The molecule has 0 amide bonds. The summed E-state index contributed by atoms with van der Waals surface area (Å²) in [6.45, 7) is 4.91. The molecule has 6 nitrogen and oxygen atoms in total. The van der Waals surface area contributed by atoms with Gasteiger partial charge in [0.15, 0.2) is 11.5 Å². The summed E-state index contributed by atoms with van der Waals surface area (Å²) in [4.78, 5) is 1.73. The molecule has 0 bridgehead atoms. The van der Waals surface area contributed by atoms with Crippen LogP contribution >= 0.6 is 0 Å². The van der Waals surface area contributed by atoms with Gasteiger partial charge in [-0.15, -0.1) is 0 Å². The molecule has 2 aliphatic rings. The van der Waals surface area contributed by atoms with Crippen LogP contribution in [-0.4, -0.2) is 58.7 Å². The van der Waals surface area contributed by atoms with Crippen molar-refractivity contribution >= 4 is 10.0 Å². The van der Waals surface area contributed by atoms with Gasteiger partial charge in [0.05, 0.1) is 50.8 Å². The van der Waals surface area contributed by atoms with Crippen LogP contribution in [0.2, 0.25) is 0 Å². The molecule has 0 aromatic heterocycles. The first-order chi connectivity index (χ1) is 13.6. The van der Waals surface area contributed by atoms with E-state index in [1.165, 1.54) is 10.5 Å². The maximum absolute atomic E-state index is 13.1. The normalized spacial score (nSPS) is 18.6. The first-order valence-corrected chi connectivity index (χ1v) is 11.3. The summed E-state index contributed by atoms with van der Waals surface area (Å²) >= 11 is 0. The van der Waals surface area contributed by atoms with E-state index < -0.39 is 10.0 Å². The number of sulfonamides is 1. The molecule has 0 unspecified atom stereocenters. The minimum absolute atomic E-state index is 0.282. The van der Waals surface area contributed by atoms with E-state index in [0.717, 1.165) is 32.5 Å². The Hall–Kier alpha value is -2.09. The van der Waals surface area contributed by atoms with Gasteiger partial charge in [-0.1, -0.05) is 30.3 Å². The number of hydrogen-bond acceptors (Lipinski definition) is 4. The van der Waals surface area contributed by atoms with Gasteiger partial charge in [0.25, 0.3) is 0 Å². The van der Waals surface area contributed by atoms with E-state index in [1.54, 1.807) is 22.5 Å². The first kappa shape index (κ1) is 19.2. The minimum Gasteiger partial charge on any atom is -0.490 e. The van der Waals surface area contributed by atoms with E-state index in [9.17, 15) is 8.42 Å². The van der Waals surface area contributed by atoms with Crippen LogP contribution in [0.1, 0.15) is 12.0 Å². The van der Waals surface area contributed by atoms with E-state index in [-0.39, 0.29) is 4.90 Å². The summed E-state index contributed by atoms with van der Waals surface area (Å²) < 4.78 is 39.0. The van der Waals surface area contributed by atoms with Crippen molar-refractivity contribution in [3.63, 3.8) is 0 Å². The molecular formula is C21H27N2O4S+. The average molecular weight is 404 g/mol. The van der Waals surface area contributed by atoms with Crippen molar-refractivity contribution in [2.45, 2.75) is 17.7 Å². The number of quaternary nitrogens is 1. The molecule has 0 spiro atoms. The van der Waals surface area contributed by atoms with Gasteiger partial charge in [-0.3, -0.25) is 0 Å². The summed E-state index contributed by atoms with van der Waals surface area (Å²) in [6.07, 6.45) is 1.82. The van der Waals surface area contributed by atoms with E-state index >= 15 is 0 Å². The second-order valence-electron chi connectivity index (χ2n) is 7.30. The van der Waals surface area contributed by atoms with Gasteiger partial charge in [-0.2, -0.15) is 4.31 Å². The highest BCUT2D eigenvalue weighted by molar-refractivity contribution is 7.89. The van der Waals surface area contributed by atoms with Crippen molar-refractivity contribution in [1.82, 2.24) is 4.31 Å². The van der Waals surface area contributed by atoms with Crippen LogP contribution in [0.25, 0.3) is 0 Å². The summed E-state index contributed by atoms with van der Waals surface area (Å²) in [5.74, 6) is 1.14. The molecule has 0 atom stereocenters. The smallest absolute Gasteiger partial charge is 0.243 e. The molecule has 150 valence electrons. The van der Waals surface area contributed by atoms with Gasteiger partial charge >= 0.3 is 0 Å². The van der Waals surface area contributed by atoms with E-state index in [1.807, 2.05) is 6.07 Å². The van der Waals surface area contributed by atoms with Gasteiger partial charge < -0.3 is 14.4 Å². The zero-order valence-corrected chi connectivity index (χ0v) is 16.8. The Morgan fingerprint density at radius 1 is 0.929 bits per heavy atom. The molecule has 2 aliphatic heterocycles. The largest absolute Gasteiger partial charge is 0.490 e. The van der Waals surface area contributed by atoms with Crippen LogP contribution in [0.5, 0.6) is 11.5 Å². The zero-order chi connectivity index (χ0) is 19.4. The molecule has 1 saturated heterocycles. The van der Waals surface area contributed by atoms with Crippen LogP contribution in [0.4, 0.5) is 0 Å². The standard InChI is InChI=1S/C21H26N2O4S/c24-28(25,19-7-8-20-21(17-19)27-16-4-15-26-20)23-13-11-22(12-14-23)10-9-18-5-2-1-3-6-18/h1-3,5-8,17H,4,9-16H2/p+1. The van der Waals surface area contributed by atoms with Gasteiger partial charge in [0.1, 0.15) is 0 Å². The van der Waals surface area contributed by atoms with Crippen LogP contribution in [0, 0.1) is 0 Å². The lowest BCUT2D eigenvalue weighted by atomic mass is 10.1. The number of nitrogens with zero attached hydrogens (tertiary/aromatic N) is 1. The maximum Gasteiger partial charge on any atom is 0.243 e. The van der Waals surface area contributed by atoms with E-state index in [2.05, 4.69) is 24.3 Å². The molecule has 2 aromatic carbocycles. The second kappa shape index (κ2) is 8.51. The molecule has 0 aliphatic carbocycles. The lowest BCUT2D eigenvalue weighted by Crippen LogP contribution is -3.15. The summed E-state index contributed by atoms with van der Waals surface area (Å²) in [6, 6.07) is 15.4. The van der Waals surface area contributed by atoms with Crippen LogP contribution in [-0.2, 0) is 16.4 Å². The molecule has 1 fully saturated rings. The van der Waals surface area contributed by atoms with Crippen molar-refractivity contribution in [3.05, 3.63) is 54.1 Å². The fraction of sp³-hybridized carbons (Fsp3) is 0.429. The van der Waals surface area contributed by atoms with Gasteiger partial charge in [0.2, 0.25) is 10.0 Å². The quantitative estimate of drug-likeness (QED) is 0.809.